The van der Waals surface area contributed by atoms with Gasteiger partial charge in [-0.1, -0.05) is 6.07 Å². The Labute approximate surface area is 184 Å². The lowest BCUT2D eigenvalue weighted by atomic mass is 10.0. The van der Waals surface area contributed by atoms with Crippen LogP contribution in [0.2, 0.25) is 0 Å². The Kier molecular flexibility index (Phi) is 8.40. The number of guanidine groups is 1. The summed E-state index contributed by atoms with van der Waals surface area (Å²) in [5.74, 6) is -1.61. The Morgan fingerprint density at radius 2 is 1.75 bits per heavy atom. The van der Waals surface area contributed by atoms with Crippen LogP contribution in [0.1, 0.15) is 28.4 Å². The van der Waals surface area contributed by atoms with E-state index in [0.717, 1.165) is 0 Å². The topological polar surface area (TPSA) is 176 Å². The van der Waals surface area contributed by atoms with E-state index in [9.17, 15) is 19.5 Å². The maximum absolute atomic E-state index is 12.4. The van der Waals surface area contributed by atoms with Crippen molar-refractivity contribution in [2.75, 3.05) is 26.1 Å². The fraction of sp³-hybridized carbons (Fsp3) is 0.238. The van der Waals surface area contributed by atoms with Gasteiger partial charge in [-0.25, -0.2) is 0 Å². The molecule has 0 saturated heterocycles. The van der Waals surface area contributed by atoms with Crippen LogP contribution in [0.3, 0.4) is 0 Å². The van der Waals surface area contributed by atoms with Crippen molar-refractivity contribution < 1.29 is 29.0 Å². The number of carbonyl (C=O) groups is 3. The molecule has 1 unspecified atom stereocenters. The summed E-state index contributed by atoms with van der Waals surface area (Å²) < 4.78 is 10.4. The molecular formula is C21H25N5O6. The quantitative estimate of drug-likeness (QED) is 0.233. The zero-order valence-electron chi connectivity index (χ0n) is 17.6. The largest absolute Gasteiger partial charge is 0.497 e. The number of carbonyl (C=O) groups excluding carboxylic acids is 2. The van der Waals surface area contributed by atoms with E-state index in [1.807, 2.05) is 0 Å². The number of amides is 2. The number of hydrogen-bond donors (Lipinski definition) is 6. The number of hydrogen-bond acceptors (Lipinski definition) is 6. The number of nitrogens with two attached hydrogens (primary N) is 1. The van der Waals surface area contributed by atoms with Gasteiger partial charge in [-0.05, 0) is 35.9 Å². The molecule has 2 amide bonds. The molecule has 0 spiro atoms. The van der Waals surface area contributed by atoms with Crippen molar-refractivity contribution in [3.8, 4) is 11.5 Å². The highest BCUT2D eigenvalue weighted by atomic mass is 16.5. The summed E-state index contributed by atoms with van der Waals surface area (Å²) in [6.07, 6.45) is -0.380. The second-order valence-corrected chi connectivity index (χ2v) is 6.67. The molecule has 1 atom stereocenters. The number of aliphatic carboxylic acids is 1. The second-order valence-electron chi connectivity index (χ2n) is 6.67. The van der Waals surface area contributed by atoms with Gasteiger partial charge >= 0.3 is 5.97 Å². The van der Waals surface area contributed by atoms with Crippen LogP contribution in [0.15, 0.2) is 42.5 Å². The predicted molar refractivity (Wildman–Crippen MR) is 117 cm³/mol. The van der Waals surface area contributed by atoms with Crippen molar-refractivity contribution in [1.29, 1.82) is 5.41 Å². The molecule has 0 aliphatic heterocycles. The fourth-order valence-electron chi connectivity index (χ4n) is 2.86. The summed E-state index contributed by atoms with van der Waals surface area (Å²) in [5, 5.41) is 24.1. The first-order valence-corrected chi connectivity index (χ1v) is 9.45. The van der Waals surface area contributed by atoms with Gasteiger partial charge in [-0.3, -0.25) is 19.8 Å². The average molecular weight is 443 g/mol. The van der Waals surface area contributed by atoms with Crippen molar-refractivity contribution in [2.24, 2.45) is 5.73 Å². The minimum Gasteiger partial charge on any atom is -0.497 e. The molecular weight excluding hydrogens is 418 g/mol. The van der Waals surface area contributed by atoms with Gasteiger partial charge in [-0.2, -0.15) is 0 Å². The lowest BCUT2D eigenvalue weighted by Gasteiger charge is -2.19. The van der Waals surface area contributed by atoms with Crippen molar-refractivity contribution in [3.63, 3.8) is 0 Å². The third-order valence-corrected chi connectivity index (χ3v) is 4.30. The van der Waals surface area contributed by atoms with E-state index >= 15 is 0 Å². The van der Waals surface area contributed by atoms with Crippen LogP contribution < -0.4 is 31.2 Å². The first-order chi connectivity index (χ1) is 15.2. The first-order valence-electron chi connectivity index (χ1n) is 9.45. The molecule has 11 nitrogen and oxygen atoms in total. The standard InChI is InChI=1S/C21H25N5O6/c1-31-15-7-13(8-16(9-15)32-2)17(10-19(28)29)26-18(27)11-24-20(30)12-4-3-5-14(6-12)25-21(22)23/h3-9,17H,10-11H2,1-2H3,(H,24,30)(H,26,27)(H,28,29)(H4,22,23,25). The van der Waals surface area contributed by atoms with Crippen LogP contribution in [0.4, 0.5) is 5.69 Å². The second kappa shape index (κ2) is 11.2. The minimum atomic E-state index is -1.11. The van der Waals surface area contributed by atoms with Gasteiger partial charge in [0.15, 0.2) is 5.96 Å². The third kappa shape index (κ3) is 7.20. The van der Waals surface area contributed by atoms with Crippen LogP contribution >= 0.6 is 0 Å². The van der Waals surface area contributed by atoms with Crippen molar-refractivity contribution in [1.82, 2.24) is 10.6 Å². The summed E-state index contributed by atoms with van der Waals surface area (Å²) in [5.41, 5.74) is 6.45. The van der Waals surface area contributed by atoms with Crippen molar-refractivity contribution >= 4 is 29.4 Å². The number of anilines is 1. The smallest absolute Gasteiger partial charge is 0.305 e. The van der Waals surface area contributed by atoms with Crippen LogP contribution in [-0.4, -0.2) is 49.6 Å². The van der Waals surface area contributed by atoms with Crippen molar-refractivity contribution in [2.45, 2.75) is 12.5 Å². The number of nitrogens with one attached hydrogen (secondary N) is 4. The van der Waals surface area contributed by atoms with E-state index in [1.54, 1.807) is 30.3 Å². The van der Waals surface area contributed by atoms with Gasteiger partial charge in [-0.15, -0.1) is 0 Å². The SMILES string of the molecule is COc1cc(OC)cc(C(CC(=O)O)NC(=O)CNC(=O)c2cccc(NC(=N)N)c2)c1. The van der Waals surface area contributed by atoms with Gasteiger partial charge in [0.05, 0.1) is 33.2 Å². The normalized spacial score (nSPS) is 11.1. The summed E-state index contributed by atoms with van der Waals surface area (Å²) in [4.78, 5) is 36.1. The molecule has 32 heavy (non-hydrogen) atoms. The molecule has 0 saturated carbocycles. The van der Waals surface area contributed by atoms with Crippen LogP contribution in [0.25, 0.3) is 0 Å². The van der Waals surface area contributed by atoms with Crippen LogP contribution in [0.5, 0.6) is 11.5 Å². The van der Waals surface area contributed by atoms with Crippen molar-refractivity contribution in [3.05, 3.63) is 53.6 Å². The van der Waals surface area contributed by atoms with Gasteiger partial charge < -0.3 is 36.3 Å². The van der Waals surface area contributed by atoms with Gasteiger partial charge in [0.2, 0.25) is 5.91 Å². The molecule has 0 aliphatic rings. The summed E-state index contributed by atoms with van der Waals surface area (Å²) >= 11 is 0. The van der Waals surface area contributed by atoms with E-state index in [1.165, 1.54) is 26.4 Å². The Balaban J connectivity index is 2.07. The third-order valence-electron chi connectivity index (χ3n) is 4.30. The molecule has 2 aromatic rings. The molecule has 0 bridgehead atoms. The number of benzene rings is 2. The van der Waals surface area contributed by atoms with Crippen LogP contribution in [-0.2, 0) is 9.59 Å². The van der Waals surface area contributed by atoms with E-state index in [4.69, 9.17) is 20.6 Å². The molecule has 0 fully saturated rings. The molecule has 2 aromatic carbocycles. The zero-order chi connectivity index (χ0) is 23.7. The number of methoxy groups -OCH3 is 2. The first kappa shape index (κ1) is 24.0. The summed E-state index contributed by atoms with van der Waals surface area (Å²) in [7, 11) is 2.92. The molecule has 2 rings (SSSR count). The lowest BCUT2D eigenvalue weighted by molar-refractivity contribution is -0.137. The zero-order valence-corrected chi connectivity index (χ0v) is 17.6. The van der Waals surface area contributed by atoms with E-state index < -0.39 is 23.8 Å². The highest BCUT2D eigenvalue weighted by molar-refractivity contribution is 5.98. The molecule has 170 valence electrons. The van der Waals surface area contributed by atoms with Crippen LogP contribution in [0, 0.1) is 5.41 Å². The Morgan fingerprint density at radius 1 is 1.09 bits per heavy atom. The summed E-state index contributed by atoms with van der Waals surface area (Å²) in [6, 6.07) is 10.2. The van der Waals surface area contributed by atoms with Gasteiger partial charge in [0.1, 0.15) is 11.5 Å². The number of ether oxygens (including phenoxy) is 2. The Bertz CT molecular complexity index is 988. The average Bonchev–Trinajstić information content (AvgIpc) is 2.76. The minimum absolute atomic E-state index is 0.253. The maximum atomic E-state index is 12.4. The number of rotatable bonds is 10. The molecule has 7 N–H and O–H groups in total. The Hall–Kier alpha value is -4.28. The lowest BCUT2D eigenvalue weighted by Crippen LogP contribution is -2.39. The van der Waals surface area contributed by atoms with E-state index in [-0.39, 0.29) is 24.5 Å². The maximum Gasteiger partial charge on any atom is 0.305 e. The number of carboxylic acids is 1. The van der Waals surface area contributed by atoms with E-state index in [2.05, 4.69) is 16.0 Å². The highest BCUT2D eigenvalue weighted by Gasteiger charge is 2.20. The highest BCUT2D eigenvalue weighted by Crippen LogP contribution is 2.28. The summed E-state index contributed by atoms with van der Waals surface area (Å²) in [6.45, 7) is -0.375. The molecule has 11 heteroatoms. The van der Waals surface area contributed by atoms with Gasteiger partial charge in [0.25, 0.3) is 5.91 Å². The molecule has 0 radical (unpaired) electrons. The monoisotopic (exact) mass is 443 g/mol. The fourth-order valence-corrected chi connectivity index (χ4v) is 2.86. The van der Waals surface area contributed by atoms with Gasteiger partial charge in [0, 0.05) is 17.3 Å². The predicted octanol–water partition coefficient (Wildman–Crippen LogP) is 1.07. The number of carboxylic acid groups (broad SMARTS) is 1. The molecule has 0 aromatic heterocycles. The molecule has 0 heterocycles. The van der Waals surface area contributed by atoms with E-state index in [0.29, 0.717) is 22.7 Å². The molecule has 0 aliphatic carbocycles. The Morgan fingerprint density at radius 3 is 2.31 bits per heavy atom.